The number of aliphatic carboxylic acids is 1. The molecule has 0 aliphatic rings. The largest absolute Gasteiger partial charge is 0.480 e. The Morgan fingerprint density at radius 3 is 2.61 bits per heavy atom. The molecule has 0 aliphatic carbocycles. The van der Waals surface area contributed by atoms with E-state index in [9.17, 15) is 9.59 Å². The fourth-order valence-corrected chi connectivity index (χ4v) is 1.96. The lowest BCUT2D eigenvalue weighted by atomic mass is 10.2. The van der Waals surface area contributed by atoms with Gasteiger partial charge in [0.15, 0.2) is 0 Å². The molecule has 0 aliphatic heterocycles. The second kappa shape index (κ2) is 6.90. The molecule has 0 spiro atoms. The minimum Gasteiger partial charge on any atom is -0.480 e. The van der Waals surface area contributed by atoms with Crippen molar-refractivity contribution in [2.45, 2.75) is 39.2 Å². The third-order valence-electron chi connectivity index (χ3n) is 2.17. The Morgan fingerprint density at radius 1 is 1.39 bits per heavy atom. The maximum absolute atomic E-state index is 11.6. The van der Waals surface area contributed by atoms with Gasteiger partial charge in [0.1, 0.15) is 11.0 Å². The van der Waals surface area contributed by atoms with Crippen LogP contribution in [0.2, 0.25) is 0 Å². The van der Waals surface area contributed by atoms with Crippen LogP contribution in [0.5, 0.6) is 0 Å². The van der Waals surface area contributed by atoms with Crippen LogP contribution in [0.15, 0.2) is 0 Å². The Balaban J connectivity index is 2.51. The number of carbonyl (C=O) groups excluding carboxylic acids is 1. The van der Waals surface area contributed by atoms with Crippen molar-refractivity contribution in [2.24, 2.45) is 0 Å². The Morgan fingerprint density at radius 2 is 2.11 bits per heavy atom. The molecule has 7 nitrogen and oxygen atoms in total. The molecule has 0 unspecified atom stereocenters. The van der Waals surface area contributed by atoms with Crippen LogP contribution in [-0.2, 0) is 11.2 Å². The van der Waals surface area contributed by atoms with E-state index < -0.39 is 18.0 Å². The van der Waals surface area contributed by atoms with E-state index in [0.717, 1.165) is 11.4 Å². The highest BCUT2D eigenvalue weighted by Crippen LogP contribution is 2.15. The number of aryl methyl sites for hydroxylation is 1. The van der Waals surface area contributed by atoms with E-state index in [0.29, 0.717) is 18.0 Å². The molecular formula is C10H16N4O3S. The molecular weight excluding hydrogens is 256 g/mol. The molecule has 2 amide bonds. The number of carboxylic acid groups (broad SMARTS) is 1. The van der Waals surface area contributed by atoms with Crippen molar-refractivity contribution in [3.05, 3.63) is 5.01 Å². The fourth-order valence-electron chi connectivity index (χ4n) is 1.28. The highest BCUT2D eigenvalue weighted by atomic mass is 32.1. The summed E-state index contributed by atoms with van der Waals surface area (Å²) in [5.41, 5.74) is 0. The molecule has 0 bridgehead atoms. The number of carbonyl (C=O) groups is 2. The predicted octanol–water partition coefficient (Wildman–Crippen LogP) is 1.48. The van der Waals surface area contributed by atoms with Crippen molar-refractivity contribution in [3.63, 3.8) is 0 Å². The summed E-state index contributed by atoms with van der Waals surface area (Å²) in [5, 5.41) is 22.5. The van der Waals surface area contributed by atoms with Crippen LogP contribution in [0, 0.1) is 0 Å². The lowest BCUT2D eigenvalue weighted by Gasteiger charge is -2.12. The molecule has 1 aromatic rings. The zero-order valence-corrected chi connectivity index (χ0v) is 11.1. The molecule has 3 N–H and O–H groups in total. The van der Waals surface area contributed by atoms with Gasteiger partial charge in [0.2, 0.25) is 5.13 Å². The summed E-state index contributed by atoms with van der Waals surface area (Å²) in [5.74, 6) is -1.04. The highest BCUT2D eigenvalue weighted by molar-refractivity contribution is 7.15. The molecule has 1 rings (SSSR count). The van der Waals surface area contributed by atoms with Gasteiger partial charge < -0.3 is 10.4 Å². The summed E-state index contributed by atoms with van der Waals surface area (Å²) in [6.45, 7) is 3.79. The Bertz CT molecular complexity index is 421. The Hall–Kier alpha value is -1.70. The van der Waals surface area contributed by atoms with Crippen LogP contribution in [-0.4, -0.2) is 33.3 Å². The highest BCUT2D eigenvalue weighted by Gasteiger charge is 2.19. The number of hydrogen-bond acceptors (Lipinski definition) is 5. The van der Waals surface area contributed by atoms with Crippen molar-refractivity contribution >= 4 is 28.5 Å². The molecule has 0 saturated carbocycles. The van der Waals surface area contributed by atoms with Gasteiger partial charge >= 0.3 is 12.0 Å². The van der Waals surface area contributed by atoms with E-state index in [4.69, 9.17) is 5.11 Å². The first-order valence-electron chi connectivity index (χ1n) is 5.69. The number of aromatic nitrogens is 2. The topological polar surface area (TPSA) is 104 Å². The van der Waals surface area contributed by atoms with Crippen LogP contribution in [0.25, 0.3) is 0 Å². The van der Waals surface area contributed by atoms with E-state index in [1.807, 2.05) is 13.8 Å². The number of nitrogens with zero attached hydrogens (tertiary/aromatic N) is 2. The summed E-state index contributed by atoms with van der Waals surface area (Å²) in [4.78, 5) is 22.4. The van der Waals surface area contributed by atoms with Gasteiger partial charge in [-0.25, -0.2) is 9.59 Å². The van der Waals surface area contributed by atoms with E-state index in [2.05, 4.69) is 20.8 Å². The lowest BCUT2D eigenvalue weighted by Crippen LogP contribution is -2.42. The molecule has 1 heterocycles. The van der Waals surface area contributed by atoms with Crippen LogP contribution in [0.1, 0.15) is 31.7 Å². The van der Waals surface area contributed by atoms with E-state index in [-0.39, 0.29) is 0 Å². The summed E-state index contributed by atoms with van der Waals surface area (Å²) >= 11 is 1.27. The zero-order valence-electron chi connectivity index (χ0n) is 10.3. The number of nitrogens with one attached hydrogen (secondary N) is 2. The SMILES string of the molecule is CCC[C@H](NC(=O)Nc1nnc(CC)s1)C(=O)O. The summed E-state index contributed by atoms with van der Waals surface area (Å²) < 4.78 is 0. The van der Waals surface area contributed by atoms with Gasteiger partial charge in [-0.1, -0.05) is 31.6 Å². The lowest BCUT2D eigenvalue weighted by molar-refractivity contribution is -0.139. The van der Waals surface area contributed by atoms with Gasteiger partial charge in [-0.3, -0.25) is 5.32 Å². The van der Waals surface area contributed by atoms with Gasteiger partial charge in [-0.05, 0) is 12.8 Å². The smallest absolute Gasteiger partial charge is 0.326 e. The third-order valence-corrected chi connectivity index (χ3v) is 3.15. The van der Waals surface area contributed by atoms with Gasteiger partial charge in [-0.2, -0.15) is 0 Å². The summed E-state index contributed by atoms with van der Waals surface area (Å²) in [7, 11) is 0. The third kappa shape index (κ3) is 4.28. The molecule has 0 fully saturated rings. The van der Waals surface area contributed by atoms with Gasteiger partial charge in [0, 0.05) is 0 Å². The minimum atomic E-state index is -1.04. The first kappa shape index (κ1) is 14.4. The Labute approximate surface area is 109 Å². The van der Waals surface area contributed by atoms with Crippen LogP contribution < -0.4 is 10.6 Å². The van der Waals surface area contributed by atoms with Gasteiger partial charge in [0.05, 0.1) is 0 Å². The molecule has 1 atom stereocenters. The zero-order chi connectivity index (χ0) is 13.5. The monoisotopic (exact) mass is 272 g/mol. The van der Waals surface area contributed by atoms with E-state index in [1.54, 1.807) is 0 Å². The van der Waals surface area contributed by atoms with Crippen molar-refractivity contribution < 1.29 is 14.7 Å². The van der Waals surface area contributed by atoms with E-state index in [1.165, 1.54) is 11.3 Å². The van der Waals surface area contributed by atoms with Crippen LogP contribution in [0.3, 0.4) is 0 Å². The molecule has 1 aromatic heterocycles. The van der Waals surface area contributed by atoms with Crippen molar-refractivity contribution in [3.8, 4) is 0 Å². The number of rotatable bonds is 6. The average Bonchev–Trinajstić information content (AvgIpc) is 2.76. The predicted molar refractivity (Wildman–Crippen MR) is 67.8 cm³/mol. The van der Waals surface area contributed by atoms with Crippen molar-refractivity contribution in [2.75, 3.05) is 5.32 Å². The van der Waals surface area contributed by atoms with Crippen LogP contribution >= 0.6 is 11.3 Å². The summed E-state index contributed by atoms with van der Waals surface area (Å²) in [6.07, 6.45) is 1.81. The first-order chi connectivity index (χ1) is 8.56. The van der Waals surface area contributed by atoms with Crippen LogP contribution in [0.4, 0.5) is 9.93 Å². The van der Waals surface area contributed by atoms with Gasteiger partial charge in [-0.15, -0.1) is 10.2 Å². The number of hydrogen-bond donors (Lipinski definition) is 3. The molecule has 100 valence electrons. The molecule has 0 aromatic carbocycles. The van der Waals surface area contributed by atoms with Crippen molar-refractivity contribution in [1.29, 1.82) is 0 Å². The standard InChI is InChI=1S/C10H16N4O3S/c1-3-5-6(8(15)16)11-9(17)12-10-14-13-7(4-2)18-10/h6H,3-5H2,1-2H3,(H,15,16)(H2,11,12,14,17)/t6-/m0/s1. The molecule has 18 heavy (non-hydrogen) atoms. The number of urea groups is 1. The molecule has 0 radical (unpaired) electrons. The number of amides is 2. The molecule has 8 heteroatoms. The second-order valence-corrected chi connectivity index (χ2v) is 4.69. The quantitative estimate of drug-likeness (QED) is 0.727. The van der Waals surface area contributed by atoms with Crippen molar-refractivity contribution in [1.82, 2.24) is 15.5 Å². The van der Waals surface area contributed by atoms with E-state index >= 15 is 0 Å². The fraction of sp³-hybridized carbons (Fsp3) is 0.600. The Kier molecular flexibility index (Phi) is 5.50. The molecule has 0 saturated heterocycles. The maximum atomic E-state index is 11.6. The normalized spacial score (nSPS) is 11.9. The summed E-state index contributed by atoms with van der Waals surface area (Å²) in [6, 6.07) is -1.46. The maximum Gasteiger partial charge on any atom is 0.326 e. The second-order valence-electron chi connectivity index (χ2n) is 3.63. The average molecular weight is 272 g/mol. The minimum absolute atomic E-state index is 0.366. The number of anilines is 1. The van der Waals surface area contributed by atoms with Gasteiger partial charge in [0.25, 0.3) is 0 Å². The first-order valence-corrected chi connectivity index (χ1v) is 6.51. The number of carboxylic acids is 1.